The predicted molar refractivity (Wildman–Crippen MR) is 64.8 cm³/mol. The molecule has 0 saturated heterocycles. The van der Waals surface area contributed by atoms with E-state index in [4.69, 9.17) is 10.7 Å². The molecule has 0 aliphatic heterocycles. The van der Waals surface area contributed by atoms with E-state index in [9.17, 15) is 17.2 Å². The van der Waals surface area contributed by atoms with Crippen LogP contribution in [0, 0.1) is 11.6 Å². The molecule has 0 atom stereocenters. The first-order valence-corrected chi connectivity index (χ1v) is 7.19. The summed E-state index contributed by atoms with van der Waals surface area (Å²) in [5.74, 6) is -1.16. The molecule has 18 heavy (non-hydrogen) atoms. The minimum Gasteiger partial charge on any atom is -0.207 e. The molecule has 0 amide bonds. The molecule has 2 aromatic carbocycles. The van der Waals surface area contributed by atoms with Gasteiger partial charge in [0, 0.05) is 16.2 Å². The fourth-order valence-electron chi connectivity index (χ4n) is 1.51. The van der Waals surface area contributed by atoms with Crippen molar-refractivity contribution >= 4 is 19.7 Å². The van der Waals surface area contributed by atoms with Crippen LogP contribution in [-0.4, -0.2) is 8.42 Å². The van der Waals surface area contributed by atoms with Crippen LogP contribution in [0.25, 0.3) is 11.1 Å². The SMILES string of the molecule is O=S(=O)(Cl)c1ccc(-c2ccc(F)cc2)c(F)c1. The summed E-state index contributed by atoms with van der Waals surface area (Å²) in [6, 6.07) is 8.52. The molecular weight excluding hydrogens is 282 g/mol. The molecular formula is C12H7ClF2O2S. The standard InChI is InChI=1S/C12H7ClF2O2S/c13-18(16,17)10-5-6-11(12(15)7-10)8-1-3-9(14)4-2-8/h1-7H. The fourth-order valence-corrected chi connectivity index (χ4v) is 2.27. The first kappa shape index (κ1) is 13.0. The van der Waals surface area contributed by atoms with E-state index in [2.05, 4.69) is 0 Å². The van der Waals surface area contributed by atoms with Crippen LogP contribution in [0.1, 0.15) is 0 Å². The van der Waals surface area contributed by atoms with E-state index in [0.29, 0.717) is 5.56 Å². The van der Waals surface area contributed by atoms with Gasteiger partial charge in [-0.25, -0.2) is 17.2 Å². The molecule has 2 aromatic rings. The summed E-state index contributed by atoms with van der Waals surface area (Å²) >= 11 is 0. The zero-order chi connectivity index (χ0) is 13.3. The van der Waals surface area contributed by atoms with Crippen LogP contribution in [0.15, 0.2) is 47.4 Å². The zero-order valence-corrected chi connectivity index (χ0v) is 10.5. The summed E-state index contributed by atoms with van der Waals surface area (Å²) in [6.45, 7) is 0. The third-order valence-corrected chi connectivity index (χ3v) is 3.73. The van der Waals surface area contributed by atoms with Gasteiger partial charge < -0.3 is 0 Å². The number of halogens is 3. The molecule has 0 aromatic heterocycles. The van der Waals surface area contributed by atoms with Gasteiger partial charge in [-0.15, -0.1) is 0 Å². The third kappa shape index (κ3) is 2.68. The predicted octanol–water partition coefficient (Wildman–Crippen LogP) is 3.56. The molecule has 0 spiro atoms. The molecule has 0 saturated carbocycles. The van der Waals surface area contributed by atoms with Gasteiger partial charge in [-0.3, -0.25) is 0 Å². The summed E-state index contributed by atoms with van der Waals surface area (Å²) in [5.41, 5.74) is 0.631. The molecule has 0 unspecified atom stereocenters. The smallest absolute Gasteiger partial charge is 0.207 e. The maximum atomic E-state index is 13.7. The Bertz CT molecular complexity index is 682. The lowest BCUT2D eigenvalue weighted by atomic mass is 10.1. The number of hydrogen-bond donors (Lipinski definition) is 0. The molecule has 0 radical (unpaired) electrons. The van der Waals surface area contributed by atoms with Gasteiger partial charge in [0.25, 0.3) is 9.05 Å². The summed E-state index contributed by atoms with van der Waals surface area (Å²) in [6.07, 6.45) is 0. The zero-order valence-electron chi connectivity index (χ0n) is 8.90. The van der Waals surface area contributed by atoms with Crippen LogP contribution in [0.3, 0.4) is 0 Å². The topological polar surface area (TPSA) is 34.1 Å². The Morgan fingerprint density at radius 2 is 1.56 bits per heavy atom. The van der Waals surface area contributed by atoms with Gasteiger partial charge in [-0.1, -0.05) is 18.2 Å². The van der Waals surface area contributed by atoms with Crippen LogP contribution in [0.5, 0.6) is 0 Å². The van der Waals surface area contributed by atoms with Crippen molar-refractivity contribution in [3.8, 4) is 11.1 Å². The molecule has 2 rings (SSSR count). The minimum atomic E-state index is -3.96. The van der Waals surface area contributed by atoms with E-state index in [1.807, 2.05) is 0 Å². The lowest BCUT2D eigenvalue weighted by Gasteiger charge is -2.04. The molecule has 0 bridgehead atoms. The van der Waals surface area contributed by atoms with E-state index in [0.717, 1.165) is 6.07 Å². The van der Waals surface area contributed by atoms with Gasteiger partial charge in [0.05, 0.1) is 4.90 Å². The van der Waals surface area contributed by atoms with E-state index < -0.39 is 20.7 Å². The quantitative estimate of drug-likeness (QED) is 0.792. The lowest BCUT2D eigenvalue weighted by Crippen LogP contribution is -1.93. The second kappa shape index (κ2) is 4.66. The summed E-state index contributed by atoms with van der Waals surface area (Å²) in [5, 5.41) is 0. The highest BCUT2D eigenvalue weighted by molar-refractivity contribution is 8.13. The summed E-state index contributed by atoms with van der Waals surface area (Å²) < 4.78 is 48.5. The first-order chi connectivity index (χ1) is 8.38. The molecule has 0 N–H and O–H groups in total. The average molecular weight is 289 g/mol. The van der Waals surface area contributed by atoms with E-state index in [1.54, 1.807) is 0 Å². The summed E-state index contributed by atoms with van der Waals surface area (Å²) in [4.78, 5) is -0.312. The van der Waals surface area contributed by atoms with Crippen molar-refractivity contribution in [3.63, 3.8) is 0 Å². The molecule has 0 heterocycles. The third-order valence-electron chi connectivity index (χ3n) is 2.38. The van der Waals surface area contributed by atoms with Gasteiger partial charge in [0.2, 0.25) is 0 Å². The van der Waals surface area contributed by atoms with Crippen molar-refractivity contribution in [2.45, 2.75) is 4.90 Å². The van der Waals surface area contributed by atoms with Gasteiger partial charge in [0.1, 0.15) is 11.6 Å². The minimum absolute atomic E-state index is 0.180. The number of rotatable bonds is 2. The monoisotopic (exact) mass is 288 g/mol. The highest BCUT2D eigenvalue weighted by Gasteiger charge is 2.13. The Labute approximate surface area is 107 Å². The van der Waals surface area contributed by atoms with Gasteiger partial charge in [-0.2, -0.15) is 0 Å². The normalized spacial score (nSPS) is 11.5. The van der Waals surface area contributed by atoms with Crippen LogP contribution in [-0.2, 0) is 9.05 Å². The van der Waals surface area contributed by atoms with Crippen molar-refractivity contribution in [2.75, 3.05) is 0 Å². The van der Waals surface area contributed by atoms with E-state index in [1.165, 1.54) is 36.4 Å². The van der Waals surface area contributed by atoms with Crippen molar-refractivity contribution in [1.82, 2.24) is 0 Å². The average Bonchev–Trinajstić information content (AvgIpc) is 2.29. The van der Waals surface area contributed by atoms with E-state index >= 15 is 0 Å². The van der Waals surface area contributed by atoms with Crippen LogP contribution >= 0.6 is 10.7 Å². The Morgan fingerprint density at radius 1 is 0.944 bits per heavy atom. The highest BCUT2D eigenvalue weighted by atomic mass is 35.7. The Morgan fingerprint density at radius 3 is 2.06 bits per heavy atom. The lowest BCUT2D eigenvalue weighted by molar-refractivity contribution is 0.603. The van der Waals surface area contributed by atoms with Crippen molar-refractivity contribution in [1.29, 1.82) is 0 Å². The molecule has 2 nitrogen and oxygen atoms in total. The van der Waals surface area contributed by atoms with Crippen LogP contribution in [0.4, 0.5) is 8.78 Å². The second-order valence-corrected chi connectivity index (χ2v) is 6.15. The van der Waals surface area contributed by atoms with Gasteiger partial charge >= 0.3 is 0 Å². The number of benzene rings is 2. The van der Waals surface area contributed by atoms with E-state index in [-0.39, 0.29) is 10.5 Å². The number of hydrogen-bond acceptors (Lipinski definition) is 2. The Hall–Kier alpha value is -1.46. The molecule has 94 valence electrons. The van der Waals surface area contributed by atoms with Crippen molar-refractivity contribution < 1.29 is 17.2 Å². The highest BCUT2D eigenvalue weighted by Crippen LogP contribution is 2.26. The Balaban J connectivity index is 2.51. The van der Waals surface area contributed by atoms with Crippen molar-refractivity contribution in [2.24, 2.45) is 0 Å². The fraction of sp³-hybridized carbons (Fsp3) is 0. The molecule has 0 aliphatic rings. The maximum absolute atomic E-state index is 13.7. The van der Waals surface area contributed by atoms with Crippen LogP contribution in [0.2, 0.25) is 0 Å². The largest absolute Gasteiger partial charge is 0.261 e. The van der Waals surface area contributed by atoms with Gasteiger partial charge in [-0.05, 0) is 29.8 Å². The van der Waals surface area contributed by atoms with Crippen LogP contribution < -0.4 is 0 Å². The molecule has 0 aliphatic carbocycles. The maximum Gasteiger partial charge on any atom is 0.261 e. The first-order valence-electron chi connectivity index (χ1n) is 4.88. The molecule has 0 fully saturated rings. The Kier molecular flexibility index (Phi) is 3.36. The van der Waals surface area contributed by atoms with Crippen molar-refractivity contribution in [3.05, 3.63) is 54.1 Å². The molecule has 6 heteroatoms. The summed E-state index contributed by atoms with van der Waals surface area (Å²) in [7, 11) is 1.15. The van der Waals surface area contributed by atoms with Gasteiger partial charge in [0.15, 0.2) is 0 Å². The second-order valence-electron chi connectivity index (χ2n) is 3.59.